The van der Waals surface area contributed by atoms with Crippen molar-refractivity contribution in [1.82, 2.24) is 10.2 Å². The Morgan fingerprint density at radius 2 is 2.33 bits per heavy atom. The zero-order valence-electron chi connectivity index (χ0n) is 7.68. The van der Waals surface area contributed by atoms with Crippen LogP contribution in [0, 0.1) is 6.92 Å². The van der Waals surface area contributed by atoms with Crippen LogP contribution in [0.3, 0.4) is 0 Å². The lowest BCUT2D eigenvalue weighted by Crippen LogP contribution is -2.13. The SMILES string of the molecule is C=C=NC(C)(C)c1cn[nH]c1C. The van der Waals surface area contributed by atoms with E-state index in [1.807, 2.05) is 20.8 Å². The number of hydrogen-bond donors (Lipinski definition) is 1. The fraction of sp³-hybridized carbons (Fsp3) is 0.444. The Balaban J connectivity index is 3.12. The molecule has 64 valence electrons. The predicted molar refractivity (Wildman–Crippen MR) is 49.4 cm³/mol. The van der Waals surface area contributed by atoms with Gasteiger partial charge in [-0.15, -0.1) is 0 Å². The van der Waals surface area contributed by atoms with E-state index >= 15 is 0 Å². The van der Waals surface area contributed by atoms with Gasteiger partial charge in [-0.1, -0.05) is 0 Å². The van der Waals surface area contributed by atoms with E-state index in [1.54, 1.807) is 6.20 Å². The molecule has 0 amide bonds. The minimum Gasteiger partial charge on any atom is -0.282 e. The highest BCUT2D eigenvalue weighted by Crippen LogP contribution is 2.25. The van der Waals surface area contributed by atoms with Crippen molar-refractivity contribution in [2.24, 2.45) is 4.99 Å². The van der Waals surface area contributed by atoms with Gasteiger partial charge >= 0.3 is 0 Å². The summed E-state index contributed by atoms with van der Waals surface area (Å²) in [6.45, 7) is 9.44. The molecule has 0 fully saturated rings. The number of aliphatic imine (C=N–C) groups is 1. The van der Waals surface area contributed by atoms with Gasteiger partial charge in [0.2, 0.25) is 0 Å². The van der Waals surface area contributed by atoms with Gasteiger partial charge in [-0.05, 0) is 33.2 Å². The van der Waals surface area contributed by atoms with Crippen LogP contribution in [0.25, 0.3) is 0 Å². The molecular weight excluding hydrogens is 150 g/mol. The highest BCUT2D eigenvalue weighted by molar-refractivity contribution is 5.48. The van der Waals surface area contributed by atoms with E-state index < -0.39 is 0 Å². The summed E-state index contributed by atoms with van der Waals surface area (Å²) in [6, 6.07) is 0. The molecule has 0 radical (unpaired) electrons. The van der Waals surface area contributed by atoms with Crippen LogP contribution in [-0.2, 0) is 5.54 Å². The van der Waals surface area contributed by atoms with E-state index in [0.717, 1.165) is 11.3 Å². The van der Waals surface area contributed by atoms with Crippen LogP contribution in [0.1, 0.15) is 25.1 Å². The van der Waals surface area contributed by atoms with Crippen LogP contribution in [0.2, 0.25) is 0 Å². The third kappa shape index (κ3) is 1.46. The normalized spacial score (nSPS) is 10.9. The number of rotatable bonds is 2. The summed E-state index contributed by atoms with van der Waals surface area (Å²) in [6.07, 6.45) is 1.79. The van der Waals surface area contributed by atoms with Crippen LogP contribution in [0.4, 0.5) is 0 Å². The average molecular weight is 163 g/mol. The van der Waals surface area contributed by atoms with E-state index in [-0.39, 0.29) is 5.54 Å². The van der Waals surface area contributed by atoms with E-state index in [0.29, 0.717) is 0 Å². The molecule has 0 atom stereocenters. The number of H-pyrrole nitrogens is 1. The molecule has 0 aliphatic carbocycles. The first-order chi connectivity index (χ1) is 5.58. The summed E-state index contributed by atoms with van der Waals surface area (Å²) >= 11 is 0. The Bertz CT molecular complexity index is 316. The summed E-state index contributed by atoms with van der Waals surface area (Å²) in [4.78, 5) is 4.14. The lowest BCUT2D eigenvalue weighted by atomic mass is 9.96. The van der Waals surface area contributed by atoms with Gasteiger partial charge in [-0.2, -0.15) is 5.10 Å². The first kappa shape index (κ1) is 8.75. The van der Waals surface area contributed by atoms with E-state index in [4.69, 9.17) is 0 Å². The minimum atomic E-state index is -0.279. The highest BCUT2D eigenvalue weighted by Gasteiger charge is 2.21. The van der Waals surface area contributed by atoms with Gasteiger partial charge in [0.15, 0.2) is 0 Å². The van der Waals surface area contributed by atoms with Gasteiger partial charge in [-0.3, -0.25) is 5.10 Å². The maximum Gasteiger partial charge on any atom is 0.0926 e. The molecule has 3 nitrogen and oxygen atoms in total. The predicted octanol–water partition coefficient (Wildman–Crippen LogP) is 1.81. The molecule has 3 heteroatoms. The molecule has 0 spiro atoms. The van der Waals surface area contributed by atoms with Gasteiger partial charge in [0, 0.05) is 11.3 Å². The van der Waals surface area contributed by atoms with Crippen molar-refractivity contribution in [2.75, 3.05) is 0 Å². The molecule has 0 bridgehead atoms. The summed E-state index contributed by atoms with van der Waals surface area (Å²) < 4.78 is 0. The van der Waals surface area contributed by atoms with Gasteiger partial charge < -0.3 is 0 Å². The third-order valence-electron chi connectivity index (χ3n) is 1.85. The minimum absolute atomic E-state index is 0.279. The number of nitrogens with zero attached hydrogens (tertiary/aromatic N) is 2. The number of hydrogen-bond acceptors (Lipinski definition) is 2. The summed E-state index contributed by atoms with van der Waals surface area (Å²) in [5, 5.41) is 6.81. The summed E-state index contributed by atoms with van der Waals surface area (Å²) in [5.74, 6) is 2.56. The Hall–Kier alpha value is -1.34. The largest absolute Gasteiger partial charge is 0.282 e. The Morgan fingerprint density at radius 3 is 2.75 bits per heavy atom. The standard InChI is InChI=1S/C9H13N3/c1-5-10-9(3,4)8-6-11-12-7(8)2/h6H,1H2,2-4H3,(H,11,12). The fourth-order valence-electron chi connectivity index (χ4n) is 1.23. The number of aromatic amines is 1. The van der Waals surface area contributed by atoms with Crippen molar-refractivity contribution in [1.29, 1.82) is 0 Å². The van der Waals surface area contributed by atoms with Crippen molar-refractivity contribution in [3.05, 3.63) is 24.0 Å². The maximum absolute atomic E-state index is 4.14. The van der Waals surface area contributed by atoms with E-state index in [2.05, 4.69) is 27.6 Å². The first-order valence-electron chi connectivity index (χ1n) is 3.82. The second-order valence-corrected chi connectivity index (χ2v) is 3.24. The van der Waals surface area contributed by atoms with Crippen LogP contribution in [0.5, 0.6) is 0 Å². The van der Waals surface area contributed by atoms with Crippen LogP contribution < -0.4 is 0 Å². The van der Waals surface area contributed by atoms with Crippen molar-refractivity contribution in [2.45, 2.75) is 26.3 Å². The molecule has 1 aromatic heterocycles. The van der Waals surface area contributed by atoms with Crippen LogP contribution in [-0.4, -0.2) is 16.1 Å². The van der Waals surface area contributed by atoms with Gasteiger partial charge in [0.25, 0.3) is 0 Å². The Morgan fingerprint density at radius 1 is 1.67 bits per heavy atom. The summed E-state index contributed by atoms with van der Waals surface area (Å²) in [5.41, 5.74) is 1.84. The second-order valence-electron chi connectivity index (χ2n) is 3.24. The van der Waals surface area contributed by atoms with Gasteiger partial charge in [0.05, 0.1) is 11.7 Å². The molecule has 1 N–H and O–H groups in total. The van der Waals surface area contributed by atoms with Crippen LogP contribution in [0.15, 0.2) is 17.8 Å². The molecular formula is C9H13N3. The maximum atomic E-state index is 4.14. The molecule has 12 heavy (non-hydrogen) atoms. The van der Waals surface area contributed by atoms with Crippen molar-refractivity contribution >= 4 is 5.87 Å². The molecule has 0 saturated heterocycles. The zero-order chi connectivity index (χ0) is 9.19. The number of aromatic nitrogens is 2. The first-order valence-corrected chi connectivity index (χ1v) is 3.82. The smallest absolute Gasteiger partial charge is 0.0926 e. The lowest BCUT2D eigenvalue weighted by Gasteiger charge is -2.16. The van der Waals surface area contributed by atoms with Crippen molar-refractivity contribution in [3.63, 3.8) is 0 Å². The molecule has 1 rings (SSSR count). The molecule has 0 aromatic carbocycles. The lowest BCUT2D eigenvalue weighted by molar-refractivity contribution is 0.559. The number of aryl methyl sites for hydroxylation is 1. The molecule has 0 unspecified atom stereocenters. The topological polar surface area (TPSA) is 41.0 Å². The zero-order valence-corrected chi connectivity index (χ0v) is 7.68. The van der Waals surface area contributed by atoms with Crippen molar-refractivity contribution < 1.29 is 0 Å². The Labute approximate surface area is 72.2 Å². The van der Waals surface area contributed by atoms with Gasteiger partial charge in [0.1, 0.15) is 0 Å². The van der Waals surface area contributed by atoms with Gasteiger partial charge in [-0.25, -0.2) is 4.99 Å². The molecule has 1 heterocycles. The fourth-order valence-corrected chi connectivity index (χ4v) is 1.23. The molecule has 0 aliphatic rings. The van der Waals surface area contributed by atoms with Crippen LogP contribution >= 0.6 is 0 Å². The summed E-state index contributed by atoms with van der Waals surface area (Å²) in [7, 11) is 0. The molecule has 0 aliphatic heterocycles. The third-order valence-corrected chi connectivity index (χ3v) is 1.85. The quantitative estimate of drug-likeness (QED) is 0.664. The average Bonchev–Trinajstić information content (AvgIpc) is 2.35. The van der Waals surface area contributed by atoms with E-state index in [9.17, 15) is 0 Å². The molecule has 0 saturated carbocycles. The van der Waals surface area contributed by atoms with E-state index in [1.165, 1.54) is 0 Å². The number of nitrogens with one attached hydrogen (secondary N) is 1. The Kier molecular flexibility index (Phi) is 2.15. The highest BCUT2D eigenvalue weighted by atomic mass is 15.1. The van der Waals surface area contributed by atoms with Crippen molar-refractivity contribution in [3.8, 4) is 0 Å². The monoisotopic (exact) mass is 163 g/mol. The molecule has 1 aromatic rings. The second kappa shape index (κ2) is 2.95.